The summed E-state index contributed by atoms with van der Waals surface area (Å²) in [5.41, 5.74) is 5.51. The van der Waals surface area contributed by atoms with E-state index >= 15 is 0 Å². The molecule has 0 bridgehead atoms. The summed E-state index contributed by atoms with van der Waals surface area (Å²) in [4.78, 5) is 44.1. The van der Waals surface area contributed by atoms with Crippen molar-refractivity contribution in [2.45, 2.75) is 18.4 Å². The molecule has 1 atom stereocenters. The molecule has 3 heterocycles. The Morgan fingerprint density at radius 3 is 2.76 bits per heavy atom. The van der Waals surface area contributed by atoms with Crippen LogP contribution in [0.4, 0.5) is 20.9 Å². The second kappa shape index (κ2) is 10.4. The number of carbonyl (C=O) groups excluding carboxylic acids is 3. The zero-order valence-electron chi connectivity index (χ0n) is 18.7. The van der Waals surface area contributed by atoms with Crippen LogP contribution in [0.1, 0.15) is 23.3 Å². The van der Waals surface area contributed by atoms with E-state index in [0.717, 1.165) is 6.07 Å². The first-order valence-electron chi connectivity index (χ1n) is 10.9. The number of likely N-dealkylation sites (N-methyl/N-ethyl adjacent to an activating group) is 1. The second-order valence-corrected chi connectivity index (χ2v) is 11.6. The van der Waals surface area contributed by atoms with Gasteiger partial charge in [-0.05, 0) is 0 Å². The number of anilines is 3. The van der Waals surface area contributed by atoms with Crippen molar-refractivity contribution in [2.24, 2.45) is 0 Å². The van der Waals surface area contributed by atoms with Gasteiger partial charge in [-0.25, -0.2) is 0 Å². The van der Waals surface area contributed by atoms with Crippen molar-refractivity contribution in [3.63, 3.8) is 0 Å². The Morgan fingerprint density at radius 1 is 1.29 bits per heavy atom. The third-order valence-corrected chi connectivity index (χ3v) is 9.31. The number of halogens is 1. The molecule has 2 fully saturated rings. The van der Waals surface area contributed by atoms with Crippen molar-refractivity contribution in [2.75, 3.05) is 55.7 Å². The molecule has 2 aliphatic heterocycles. The van der Waals surface area contributed by atoms with E-state index in [9.17, 15) is 18.8 Å². The topological polar surface area (TPSA) is 141 Å². The molecule has 13 heteroatoms. The number of nitrogen functional groups attached to an aromatic ring is 1. The van der Waals surface area contributed by atoms with Crippen molar-refractivity contribution < 1.29 is 18.8 Å². The number of benzene rings is 1. The molecule has 1 aromatic carbocycles. The van der Waals surface area contributed by atoms with Crippen LogP contribution in [0.3, 0.4) is 0 Å². The van der Waals surface area contributed by atoms with E-state index in [1.165, 1.54) is 11.3 Å². The average molecular weight is 551 g/mol. The number of hydrogen-bond donors (Lipinski definition) is 5. The number of nitrogens with two attached hydrogens (primary N) is 1. The normalized spacial score (nSPS) is 18.2. The molecule has 2 saturated heterocycles. The van der Waals surface area contributed by atoms with Gasteiger partial charge in [0.05, 0.1) is 0 Å². The van der Waals surface area contributed by atoms with Crippen LogP contribution in [0.5, 0.6) is 0 Å². The van der Waals surface area contributed by atoms with Crippen LogP contribution in [-0.4, -0.2) is 82.4 Å². The summed E-state index contributed by atoms with van der Waals surface area (Å²) in [6.07, 6.45) is 1.12. The molecule has 1 unspecified atom stereocenters. The minimum atomic E-state index is -1.58. The molecule has 182 valence electrons. The van der Waals surface area contributed by atoms with Crippen LogP contribution < -0.4 is 36.3 Å². The van der Waals surface area contributed by atoms with E-state index in [-0.39, 0.29) is 40.0 Å². The van der Waals surface area contributed by atoms with Crippen molar-refractivity contribution in [1.29, 1.82) is 0 Å². The van der Waals surface area contributed by atoms with Crippen molar-refractivity contribution in [1.82, 2.24) is 20.9 Å². The van der Waals surface area contributed by atoms with E-state index < -0.39 is 27.1 Å². The SMILES string of the molecule is CNC1(C(=O)Nc2c(F)cc(N)cc2[AsH]C(=O)c2csc(N3CCNC(=O)C3)n2)CCNCC1. The molecule has 4 rings (SSSR count). The Morgan fingerprint density at radius 2 is 2.06 bits per heavy atom. The number of piperidine rings is 1. The zero-order valence-corrected chi connectivity index (χ0v) is 21.6. The predicted molar refractivity (Wildman–Crippen MR) is 132 cm³/mol. The Balaban J connectivity index is 1.54. The maximum absolute atomic E-state index is 14.9. The number of thiazole rings is 1. The monoisotopic (exact) mass is 551 g/mol. The number of aromatic nitrogens is 1. The summed E-state index contributed by atoms with van der Waals surface area (Å²) >= 11 is -0.293. The minimum absolute atomic E-state index is 0.00358. The number of nitrogens with zero attached hydrogens (tertiary/aromatic N) is 2. The third-order valence-electron chi connectivity index (χ3n) is 6.00. The van der Waals surface area contributed by atoms with Crippen LogP contribution >= 0.6 is 11.3 Å². The number of piperazine rings is 1. The second-order valence-electron chi connectivity index (χ2n) is 8.20. The van der Waals surface area contributed by atoms with Crippen LogP contribution in [0.25, 0.3) is 0 Å². The molecule has 2 aliphatic rings. The van der Waals surface area contributed by atoms with Gasteiger partial charge in [-0.1, -0.05) is 0 Å². The fraction of sp³-hybridized carbons (Fsp3) is 0.429. The van der Waals surface area contributed by atoms with Gasteiger partial charge in [-0.3, -0.25) is 0 Å². The number of nitrogens with one attached hydrogen (secondary N) is 4. The summed E-state index contributed by atoms with van der Waals surface area (Å²) in [6.45, 7) is 2.66. The van der Waals surface area contributed by atoms with E-state index in [1.807, 2.05) is 4.90 Å². The van der Waals surface area contributed by atoms with E-state index in [2.05, 4.69) is 26.3 Å². The van der Waals surface area contributed by atoms with Gasteiger partial charge in [0.25, 0.3) is 0 Å². The van der Waals surface area contributed by atoms with Gasteiger partial charge < -0.3 is 0 Å². The first kappa shape index (κ1) is 24.6. The van der Waals surface area contributed by atoms with Gasteiger partial charge in [0.15, 0.2) is 0 Å². The van der Waals surface area contributed by atoms with Gasteiger partial charge in [0, 0.05) is 0 Å². The first-order valence-corrected chi connectivity index (χ1v) is 13.9. The first-order chi connectivity index (χ1) is 16.3. The number of amides is 2. The Hall–Kier alpha value is -2.53. The quantitative estimate of drug-likeness (QED) is 0.218. The molecule has 2 aromatic rings. The molecule has 0 saturated carbocycles. The Kier molecular flexibility index (Phi) is 7.51. The summed E-state index contributed by atoms with van der Waals surface area (Å²) in [5, 5.41) is 14.0. The standard InChI is InChI=1S/C21H27AsFN7O3S/c1-25-21(2-4-26-5-3-21)19(33)29-17-13(8-12(24)9-14(17)23)22-18(32)15-11-34-20(28-15)30-7-6-27-16(31)10-30/h8-9,11,22,25-26H,2-7,10,24H2,1H3,(H,27,31)(H,29,33). The number of rotatable bonds is 7. The van der Waals surface area contributed by atoms with Crippen molar-refractivity contribution >= 4 is 64.3 Å². The van der Waals surface area contributed by atoms with Crippen LogP contribution in [0.15, 0.2) is 17.5 Å². The summed E-state index contributed by atoms with van der Waals surface area (Å²) < 4.78 is 15.1. The molecular weight excluding hydrogens is 524 g/mol. The van der Waals surface area contributed by atoms with Gasteiger partial charge in [0.2, 0.25) is 0 Å². The van der Waals surface area contributed by atoms with E-state index in [4.69, 9.17) is 5.73 Å². The fourth-order valence-corrected chi connectivity index (χ4v) is 7.28. The molecule has 0 aliphatic carbocycles. The molecule has 34 heavy (non-hydrogen) atoms. The summed E-state index contributed by atoms with van der Waals surface area (Å²) in [7, 11) is 1.72. The fourth-order valence-electron chi connectivity index (χ4n) is 4.03. The Labute approximate surface area is 206 Å². The van der Waals surface area contributed by atoms with Gasteiger partial charge in [-0.15, -0.1) is 0 Å². The van der Waals surface area contributed by atoms with E-state index in [1.54, 1.807) is 18.5 Å². The van der Waals surface area contributed by atoms with Crippen LogP contribution in [-0.2, 0) is 9.59 Å². The molecule has 2 amide bonds. The van der Waals surface area contributed by atoms with Crippen molar-refractivity contribution in [3.8, 4) is 0 Å². The molecule has 10 nitrogen and oxygen atoms in total. The molecule has 0 radical (unpaired) electrons. The summed E-state index contributed by atoms with van der Waals surface area (Å²) in [5.74, 6) is -1.09. The van der Waals surface area contributed by atoms with Crippen LogP contribution in [0.2, 0.25) is 0 Å². The van der Waals surface area contributed by atoms with Gasteiger partial charge in [0.1, 0.15) is 0 Å². The maximum atomic E-state index is 14.9. The van der Waals surface area contributed by atoms with Crippen LogP contribution in [0, 0.1) is 5.82 Å². The molecule has 1 aromatic heterocycles. The number of hydrogen-bond acceptors (Lipinski definition) is 9. The molecular formula is C21H27AsFN7O3S. The molecule has 6 N–H and O–H groups in total. The third kappa shape index (κ3) is 5.25. The zero-order chi connectivity index (χ0) is 24.3. The summed E-state index contributed by atoms with van der Waals surface area (Å²) in [6, 6.07) is 2.69. The molecule has 0 spiro atoms. The number of carbonyl (C=O) groups is 3. The van der Waals surface area contributed by atoms with Gasteiger partial charge >= 0.3 is 207 Å². The van der Waals surface area contributed by atoms with Crippen molar-refractivity contribution in [3.05, 3.63) is 29.0 Å². The van der Waals surface area contributed by atoms with Gasteiger partial charge in [-0.2, -0.15) is 0 Å². The Bertz CT molecular complexity index is 1110. The predicted octanol–water partition coefficient (Wildman–Crippen LogP) is -1.02. The van der Waals surface area contributed by atoms with E-state index in [0.29, 0.717) is 48.5 Å². The average Bonchev–Trinajstić information content (AvgIpc) is 3.32.